The number of nitrogens with one attached hydrogen (secondary N) is 1. The van der Waals surface area contributed by atoms with Gasteiger partial charge in [-0.15, -0.1) is 0 Å². The van der Waals surface area contributed by atoms with Gasteiger partial charge in [0.2, 0.25) is 0 Å². The van der Waals surface area contributed by atoms with Crippen LogP contribution in [0.3, 0.4) is 0 Å². The first-order valence-corrected chi connectivity index (χ1v) is 6.01. The molecule has 1 aromatic rings. The van der Waals surface area contributed by atoms with Crippen LogP contribution in [0, 0.1) is 11.3 Å². The third-order valence-corrected chi connectivity index (χ3v) is 3.27. The third kappa shape index (κ3) is 4.06. The number of hydrogen-bond donors (Lipinski definition) is 1. The molecule has 1 atom stereocenters. The van der Waals surface area contributed by atoms with Crippen molar-refractivity contribution in [2.24, 2.45) is 11.3 Å². The van der Waals surface area contributed by atoms with Gasteiger partial charge in [-0.25, -0.2) is 4.98 Å². The van der Waals surface area contributed by atoms with Crippen molar-refractivity contribution in [1.29, 1.82) is 0 Å². The first-order valence-electron chi connectivity index (χ1n) is 6.01. The maximum Gasteiger partial charge on any atom is 0.0921 e. The SMILES string of the molecule is CCC(CCCc1cnc[nH]1)C(C)(C)C. The van der Waals surface area contributed by atoms with Crippen LogP contribution >= 0.6 is 0 Å². The molecule has 0 radical (unpaired) electrons. The highest BCUT2D eigenvalue weighted by atomic mass is 14.9. The quantitative estimate of drug-likeness (QED) is 0.783. The maximum absolute atomic E-state index is 4.03. The van der Waals surface area contributed by atoms with Gasteiger partial charge in [0.15, 0.2) is 0 Å². The Hall–Kier alpha value is -0.790. The molecule has 2 heteroatoms. The van der Waals surface area contributed by atoms with Crippen LogP contribution in [0.1, 0.15) is 52.7 Å². The van der Waals surface area contributed by atoms with Gasteiger partial charge >= 0.3 is 0 Å². The van der Waals surface area contributed by atoms with Crippen molar-refractivity contribution in [3.05, 3.63) is 18.2 Å². The molecular formula is C13H24N2. The number of imidazole rings is 1. The van der Waals surface area contributed by atoms with Crippen LogP contribution in [-0.2, 0) is 6.42 Å². The molecule has 1 aromatic heterocycles. The average molecular weight is 208 g/mol. The second-order valence-electron chi connectivity index (χ2n) is 5.44. The molecule has 0 saturated heterocycles. The van der Waals surface area contributed by atoms with E-state index in [0.29, 0.717) is 5.41 Å². The molecule has 1 rings (SSSR count). The van der Waals surface area contributed by atoms with Crippen LogP contribution in [0.2, 0.25) is 0 Å². The van der Waals surface area contributed by atoms with E-state index in [4.69, 9.17) is 0 Å². The van der Waals surface area contributed by atoms with E-state index < -0.39 is 0 Å². The summed E-state index contributed by atoms with van der Waals surface area (Å²) in [4.78, 5) is 7.19. The predicted molar refractivity (Wildman–Crippen MR) is 64.8 cm³/mol. The highest BCUT2D eigenvalue weighted by Crippen LogP contribution is 2.32. The lowest BCUT2D eigenvalue weighted by Gasteiger charge is -2.29. The first kappa shape index (κ1) is 12.3. The number of hydrogen-bond acceptors (Lipinski definition) is 1. The summed E-state index contributed by atoms with van der Waals surface area (Å²) in [6, 6.07) is 0. The third-order valence-electron chi connectivity index (χ3n) is 3.27. The Balaban J connectivity index is 2.29. The highest BCUT2D eigenvalue weighted by molar-refractivity contribution is 4.94. The van der Waals surface area contributed by atoms with Gasteiger partial charge < -0.3 is 4.98 Å². The Morgan fingerprint density at radius 2 is 2.13 bits per heavy atom. The topological polar surface area (TPSA) is 28.7 Å². The van der Waals surface area contributed by atoms with Crippen LogP contribution in [0.15, 0.2) is 12.5 Å². The monoisotopic (exact) mass is 208 g/mol. The van der Waals surface area contributed by atoms with Gasteiger partial charge in [-0.3, -0.25) is 0 Å². The standard InChI is InChI=1S/C13H24N2/c1-5-11(13(2,3)4)7-6-8-12-9-14-10-15-12/h9-11H,5-8H2,1-4H3,(H,14,15). The zero-order valence-electron chi connectivity index (χ0n) is 10.5. The molecule has 1 N–H and O–H groups in total. The fourth-order valence-corrected chi connectivity index (χ4v) is 2.21. The van der Waals surface area contributed by atoms with Crippen LogP contribution < -0.4 is 0 Å². The summed E-state index contributed by atoms with van der Waals surface area (Å²) < 4.78 is 0. The zero-order valence-corrected chi connectivity index (χ0v) is 10.5. The number of aromatic nitrogens is 2. The predicted octanol–water partition coefficient (Wildman–Crippen LogP) is 3.80. The molecule has 0 fully saturated rings. The first-order chi connectivity index (χ1) is 7.04. The van der Waals surface area contributed by atoms with Crippen molar-refractivity contribution in [3.63, 3.8) is 0 Å². The van der Waals surface area contributed by atoms with Gasteiger partial charge in [0, 0.05) is 11.9 Å². The summed E-state index contributed by atoms with van der Waals surface area (Å²) in [7, 11) is 0. The molecule has 0 bridgehead atoms. The minimum absolute atomic E-state index is 0.447. The van der Waals surface area contributed by atoms with E-state index in [2.05, 4.69) is 37.7 Å². The normalized spacial score (nSPS) is 14.1. The van der Waals surface area contributed by atoms with Crippen LogP contribution in [-0.4, -0.2) is 9.97 Å². The smallest absolute Gasteiger partial charge is 0.0921 e. The van der Waals surface area contributed by atoms with E-state index in [1.54, 1.807) is 6.33 Å². The van der Waals surface area contributed by atoms with E-state index in [-0.39, 0.29) is 0 Å². The molecule has 15 heavy (non-hydrogen) atoms. The summed E-state index contributed by atoms with van der Waals surface area (Å²) in [5.74, 6) is 0.834. The molecule has 0 aliphatic rings. The average Bonchev–Trinajstić information content (AvgIpc) is 2.62. The molecule has 0 aliphatic heterocycles. The fraction of sp³-hybridized carbons (Fsp3) is 0.769. The molecular weight excluding hydrogens is 184 g/mol. The Morgan fingerprint density at radius 3 is 2.60 bits per heavy atom. The zero-order chi connectivity index (χ0) is 11.3. The summed E-state index contributed by atoms with van der Waals surface area (Å²) in [6.45, 7) is 9.33. The van der Waals surface area contributed by atoms with Crippen molar-refractivity contribution in [2.75, 3.05) is 0 Å². The molecule has 2 nitrogen and oxygen atoms in total. The van der Waals surface area contributed by atoms with Crippen LogP contribution in [0.25, 0.3) is 0 Å². The molecule has 0 saturated carbocycles. The summed E-state index contributed by atoms with van der Waals surface area (Å²) in [5, 5.41) is 0. The Bertz CT molecular complexity index is 257. The van der Waals surface area contributed by atoms with Gasteiger partial charge in [-0.2, -0.15) is 0 Å². The Kier molecular flexibility index (Phi) is 4.37. The molecule has 1 heterocycles. The molecule has 0 aromatic carbocycles. The summed E-state index contributed by atoms with van der Waals surface area (Å²) in [5.41, 5.74) is 1.71. The van der Waals surface area contributed by atoms with Gasteiger partial charge in [-0.05, 0) is 30.6 Å². The lowest BCUT2D eigenvalue weighted by molar-refractivity contribution is 0.215. The van der Waals surface area contributed by atoms with E-state index in [1.807, 2.05) is 6.20 Å². The molecule has 0 aliphatic carbocycles. The number of H-pyrrole nitrogens is 1. The number of nitrogens with zero attached hydrogens (tertiary/aromatic N) is 1. The second-order valence-corrected chi connectivity index (χ2v) is 5.44. The fourth-order valence-electron chi connectivity index (χ4n) is 2.21. The summed E-state index contributed by atoms with van der Waals surface area (Å²) in [6.07, 6.45) is 8.69. The van der Waals surface area contributed by atoms with Gasteiger partial charge in [-0.1, -0.05) is 34.1 Å². The van der Waals surface area contributed by atoms with E-state index in [0.717, 1.165) is 12.3 Å². The molecule has 0 amide bonds. The van der Waals surface area contributed by atoms with Crippen molar-refractivity contribution in [2.45, 2.75) is 53.4 Å². The maximum atomic E-state index is 4.03. The van der Waals surface area contributed by atoms with Crippen molar-refractivity contribution in [1.82, 2.24) is 9.97 Å². The van der Waals surface area contributed by atoms with Crippen molar-refractivity contribution < 1.29 is 0 Å². The van der Waals surface area contributed by atoms with E-state index >= 15 is 0 Å². The number of aryl methyl sites for hydroxylation is 1. The molecule has 0 spiro atoms. The second kappa shape index (κ2) is 5.34. The van der Waals surface area contributed by atoms with Gasteiger partial charge in [0.05, 0.1) is 6.33 Å². The van der Waals surface area contributed by atoms with Gasteiger partial charge in [0.25, 0.3) is 0 Å². The highest BCUT2D eigenvalue weighted by Gasteiger charge is 2.21. The number of rotatable bonds is 5. The van der Waals surface area contributed by atoms with Crippen molar-refractivity contribution >= 4 is 0 Å². The van der Waals surface area contributed by atoms with Crippen molar-refractivity contribution in [3.8, 4) is 0 Å². The largest absolute Gasteiger partial charge is 0.348 e. The lowest BCUT2D eigenvalue weighted by Crippen LogP contribution is -2.19. The minimum atomic E-state index is 0.447. The Labute approximate surface area is 93.5 Å². The number of aromatic amines is 1. The lowest BCUT2D eigenvalue weighted by atomic mass is 9.76. The Morgan fingerprint density at radius 1 is 1.40 bits per heavy atom. The van der Waals surface area contributed by atoms with E-state index in [1.165, 1.54) is 25.0 Å². The minimum Gasteiger partial charge on any atom is -0.348 e. The van der Waals surface area contributed by atoms with E-state index in [9.17, 15) is 0 Å². The molecule has 1 unspecified atom stereocenters. The molecule has 86 valence electrons. The van der Waals surface area contributed by atoms with Crippen LogP contribution in [0.5, 0.6) is 0 Å². The van der Waals surface area contributed by atoms with Gasteiger partial charge in [0.1, 0.15) is 0 Å². The summed E-state index contributed by atoms with van der Waals surface area (Å²) >= 11 is 0. The van der Waals surface area contributed by atoms with Crippen LogP contribution in [0.4, 0.5) is 0 Å².